The van der Waals surface area contributed by atoms with Gasteiger partial charge in [-0.2, -0.15) is 0 Å². The standard InChI is InChI=1S/C88H38N4/c1-25-15-39-41-19-43-65-66-44(88-85-69-47(24-92-88)37-13-9-33-17-31-7-11-35-45-21-89-29(5)51-49(27(25)3)61(39)77-79(63(41)71(65)85)83(69)75-59(37)55(33)53(31)57(35)73(75)81(77)67(45)51)20-42-40-16-26(2)28(4)50-52-30(6)90-22-46-36-12-8-32-18-34-10-14-38-48-23-91-87(43)86-70(48)84-76-60(38)56(34)54(32)58(36)74(76)82(68(46)52)78(62(40)50)80(84)64(42)72(66)86/h7-16,19-24H,17-18H2,1-6H3. The van der Waals surface area contributed by atoms with Crippen LogP contribution >= 0.6 is 0 Å². The molecular formula is C88H38N4. The number of fused-ring (bicyclic) bond motifs is 10. The van der Waals surface area contributed by atoms with Crippen LogP contribution in [0.4, 0.5) is 0 Å². The Kier molecular flexibility index (Phi) is 5.59. The van der Waals surface area contributed by atoms with Gasteiger partial charge in [0.15, 0.2) is 0 Å². The second-order valence-electron chi connectivity index (χ2n) is 29.9. The van der Waals surface area contributed by atoms with E-state index in [1.165, 1.54) is 325 Å². The third kappa shape index (κ3) is 3.51. The summed E-state index contributed by atoms with van der Waals surface area (Å²) >= 11 is 0. The van der Waals surface area contributed by atoms with Crippen molar-refractivity contribution in [1.29, 1.82) is 0 Å². The Bertz CT molecular complexity index is 8140. The minimum absolute atomic E-state index is 0.948. The van der Waals surface area contributed by atoms with Gasteiger partial charge in [-0.05, 0) is 273 Å². The van der Waals surface area contributed by atoms with Crippen LogP contribution in [-0.4, -0.2) is 19.9 Å². The van der Waals surface area contributed by atoms with E-state index in [0.717, 1.165) is 35.3 Å². The summed E-state index contributed by atoms with van der Waals surface area (Å²) < 4.78 is 0. The van der Waals surface area contributed by atoms with Crippen LogP contribution in [0, 0.1) is 41.5 Å². The van der Waals surface area contributed by atoms with Crippen molar-refractivity contribution < 1.29 is 0 Å². The van der Waals surface area contributed by atoms with Gasteiger partial charge in [0.1, 0.15) is 0 Å². The summed E-state index contributed by atoms with van der Waals surface area (Å²) in [5, 5.41) is 71.6. The first-order valence-electron chi connectivity index (χ1n) is 33.2. The van der Waals surface area contributed by atoms with Gasteiger partial charge < -0.3 is 0 Å². The molecule has 0 radical (unpaired) electrons. The van der Waals surface area contributed by atoms with E-state index >= 15 is 0 Å². The molecule has 0 atom stereocenters. The molecule has 4 heteroatoms. The van der Waals surface area contributed by atoms with E-state index < -0.39 is 0 Å². The lowest BCUT2D eigenvalue weighted by molar-refractivity contribution is 1.25. The zero-order valence-electron chi connectivity index (χ0n) is 50.4. The normalized spacial score (nSPS) is 15.0. The van der Waals surface area contributed by atoms with Crippen molar-refractivity contribution in [3.05, 3.63) is 153 Å². The Morgan fingerprint density at radius 1 is 0.196 bits per heavy atom. The average Bonchev–Trinajstić information content (AvgIpc) is 0.900. The maximum atomic E-state index is 6.09. The molecule has 0 saturated carbocycles. The third-order valence-electron chi connectivity index (χ3n) is 27.0. The molecule has 4 aromatic heterocycles. The molecule has 0 aliphatic heterocycles. The molecule has 4 nitrogen and oxygen atoms in total. The number of nitrogens with zero attached hydrogens (tertiary/aromatic N) is 4. The number of benzene rings is 24. The topological polar surface area (TPSA) is 51.6 Å². The number of hydrogen-bond acceptors (Lipinski definition) is 4. The van der Waals surface area contributed by atoms with E-state index in [1.807, 2.05) is 0 Å². The van der Waals surface area contributed by atoms with Crippen molar-refractivity contribution in [2.24, 2.45) is 0 Å². The minimum atomic E-state index is 0.948. The highest BCUT2D eigenvalue weighted by Gasteiger charge is 2.41. The minimum Gasteiger partial charge on any atom is -0.260 e. The second kappa shape index (κ2) is 12.0. The molecule has 0 fully saturated rings. The van der Waals surface area contributed by atoms with Crippen LogP contribution in [0.5, 0.6) is 0 Å². The largest absolute Gasteiger partial charge is 0.260 e. The summed E-state index contributed by atoms with van der Waals surface area (Å²) in [5.74, 6) is 0. The fourth-order valence-corrected chi connectivity index (χ4v) is 23.9. The smallest absolute Gasteiger partial charge is 0.0794 e. The van der Waals surface area contributed by atoms with Crippen molar-refractivity contribution in [3.8, 4) is 0 Å². The van der Waals surface area contributed by atoms with Crippen LogP contribution in [0.2, 0.25) is 0 Å². The number of rotatable bonds is 0. The summed E-state index contributed by atoms with van der Waals surface area (Å²) in [5.41, 5.74) is 15.6. The van der Waals surface area contributed by atoms with E-state index in [-0.39, 0.29) is 0 Å². The van der Waals surface area contributed by atoms with Crippen LogP contribution in [0.25, 0.3) is 291 Å². The zero-order valence-corrected chi connectivity index (χ0v) is 50.4. The van der Waals surface area contributed by atoms with Gasteiger partial charge in [-0.1, -0.05) is 60.7 Å². The molecule has 92 heavy (non-hydrogen) atoms. The molecule has 0 unspecified atom stereocenters. The van der Waals surface area contributed by atoms with Crippen molar-refractivity contribution in [1.82, 2.24) is 19.9 Å². The molecule has 4 heterocycles. The van der Waals surface area contributed by atoms with Gasteiger partial charge in [-0.15, -0.1) is 0 Å². The van der Waals surface area contributed by atoms with Gasteiger partial charge in [0, 0.05) is 155 Å². The van der Waals surface area contributed by atoms with Crippen LogP contribution in [0.3, 0.4) is 0 Å². The van der Waals surface area contributed by atoms with Crippen LogP contribution in [0.1, 0.15) is 55.9 Å². The first kappa shape index (κ1) is 42.7. The molecule has 2 aliphatic rings. The van der Waals surface area contributed by atoms with E-state index in [0.29, 0.717) is 0 Å². The summed E-state index contributed by atoms with van der Waals surface area (Å²) in [6, 6.07) is 30.3. The number of aryl methyl sites for hydroxylation is 6. The molecule has 30 rings (SSSR count). The Hall–Kier alpha value is -11.2. The zero-order chi connectivity index (χ0) is 58.5. The van der Waals surface area contributed by atoms with Crippen molar-refractivity contribution in [3.63, 3.8) is 0 Å². The van der Waals surface area contributed by atoms with Crippen molar-refractivity contribution in [2.45, 2.75) is 54.4 Å². The van der Waals surface area contributed by atoms with E-state index in [9.17, 15) is 0 Å². The Morgan fingerprint density at radius 3 is 0.783 bits per heavy atom. The summed E-state index contributed by atoms with van der Waals surface area (Å²) in [7, 11) is 0. The van der Waals surface area contributed by atoms with Gasteiger partial charge in [-0.25, -0.2) is 0 Å². The molecule has 0 spiro atoms. The number of aromatic nitrogens is 4. The summed E-state index contributed by atoms with van der Waals surface area (Å²) in [6.45, 7) is 14.1. The average molecular weight is 1150 g/mol. The fourth-order valence-electron chi connectivity index (χ4n) is 23.9. The molecule has 0 saturated heterocycles. The highest BCUT2D eigenvalue weighted by molar-refractivity contribution is 6.68. The predicted molar refractivity (Wildman–Crippen MR) is 392 cm³/mol. The number of pyridine rings is 4. The number of hydrogen-bond donors (Lipinski definition) is 0. The SMILES string of the molecule is Cc1cc2c3cc4c5ncc6c7ccc8c9c%10c(ccc%11c%12cnc(C)c%13c%14c(C)c(C)cc%15c%16cc%17c%18ncc%19c%20ccc%21c%22c%23c(ccc%24c%25cnc(C)c%26c(c1C)c2c1c(c%25%26)c(c%24%23)c(c%20%22)c2c%19c%18c(c4c%17c4c%16c%16c(c%15%14)c(c%12%13)c(c%11%10)c(c79)c%16c6c54)c3c12)C%21)C8. The van der Waals surface area contributed by atoms with Gasteiger partial charge in [0.2, 0.25) is 0 Å². The quantitative estimate of drug-likeness (QED) is 0.112. The molecular weight excluding hydrogens is 1110 g/mol. The predicted octanol–water partition coefficient (Wildman–Crippen LogP) is 23.6. The lowest BCUT2D eigenvalue weighted by Crippen LogP contribution is -2.05. The van der Waals surface area contributed by atoms with Gasteiger partial charge in [0.25, 0.3) is 0 Å². The Labute approximate surface area is 515 Å². The molecule has 0 bridgehead atoms. The first-order chi connectivity index (χ1) is 45.2. The van der Waals surface area contributed by atoms with Crippen LogP contribution in [0.15, 0.2) is 97.6 Å². The lowest BCUT2D eigenvalue weighted by Gasteiger charge is -2.32. The van der Waals surface area contributed by atoms with Gasteiger partial charge in [0.05, 0.1) is 11.0 Å². The molecule has 2 aliphatic carbocycles. The monoisotopic (exact) mass is 1150 g/mol. The molecule has 24 aromatic carbocycles. The lowest BCUT2D eigenvalue weighted by atomic mass is 9.70. The summed E-state index contributed by atoms with van der Waals surface area (Å²) in [4.78, 5) is 23.0. The summed E-state index contributed by atoms with van der Waals surface area (Å²) in [6.07, 6.45) is 11.1. The van der Waals surface area contributed by atoms with E-state index in [1.54, 1.807) is 0 Å². The Balaban J connectivity index is 0.980. The highest BCUT2D eigenvalue weighted by atomic mass is 14.7. The van der Waals surface area contributed by atoms with Crippen molar-refractivity contribution >= 4 is 291 Å². The maximum Gasteiger partial charge on any atom is 0.0794 e. The van der Waals surface area contributed by atoms with Crippen LogP contribution < -0.4 is 0 Å². The van der Waals surface area contributed by atoms with Gasteiger partial charge in [-0.3, -0.25) is 19.9 Å². The molecule has 28 aromatic rings. The van der Waals surface area contributed by atoms with Gasteiger partial charge >= 0.3 is 0 Å². The van der Waals surface area contributed by atoms with Crippen LogP contribution in [-0.2, 0) is 12.8 Å². The highest BCUT2D eigenvalue weighted by Crippen LogP contribution is 2.68. The maximum absolute atomic E-state index is 6.09. The molecule has 0 N–H and O–H groups in total. The fraction of sp³-hybridized carbons (Fsp3) is 0.0909. The van der Waals surface area contributed by atoms with E-state index in [2.05, 4.69) is 139 Å². The Morgan fingerprint density at radius 2 is 0.446 bits per heavy atom. The van der Waals surface area contributed by atoms with Crippen molar-refractivity contribution in [2.75, 3.05) is 0 Å². The molecule has 0 amide bonds. The second-order valence-corrected chi connectivity index (χ2v) is 29.9. The molecule has 410 valence electrons. The first-order valence-corrected chi connectivity index (χ1v) is 33.2. The third-order valence-corrected chi connectivity index (χ3v) is 27.0. The van der Waals surface area contributed by atoms with E-state index in [4.69, 9.17) is 19.9 Å².